The third kappa shape index (κ3) is 2.76. The Morgan fingerprint density at radius 2 is 1.81 bits per heavy atom. The molecule has 2 heteroatoms. The summed E-state index contributed by atoms with van der Waals surface area (Å²) in [7, 11) is 0. The molecule has 88 valence electrons. The summed E-state index contributed by atoms with van der Waals surface area (Å²) in [6.45, 7) is 2.72. The van der Waals surface area contributed by atoms with Gasteiger partial charge >= 0.3 is 0 Å². The van der Waals surface area contributed by atoms with Crippen molar-refractivity contribution in [2.75, 3.05) is 6.61 Å². The molecule has 0 unspecified atom stereocenters. The second kappa shape index (κ2) is 4.88. The number of benzene rings is 1. The molecule has 1 saturated carbocycles. The van der Waals surface area contributed by atoms with Crippen LogP contribution < -0.4 is 10.5 Å². The highest BCUT2D eigenvalue weighted by Crippen LogP contribution is 2.30. The van der Waals surface area contributed by atoms with Gasteiger partial charge < -0.3 is 10.5 Å². The van der Waals surface area contributed by atoms with Crippen molar-refractivity contribution in [1.29, 1.82) is 0 Å². The van der Waals surface area contributed by atoms with Gasteiger partial charge in [-0.3, -0.25) is 0 Å². The Balaban J connectivity index is 1.99. The molecule has 0 aliphatic heterocycles. The summed E-state index contributed by atoms with van der Waals surface area (Å²) in [5.74, 6) is 0.948. The number of hydrogen-bond acceptors (Lipinski definition) is 2. The van der Waals surface area contributed by atoms with Gasteiger partial charge in [-0.05, 0) is 43.9 Å². The first-order valence-electron chi connectivity index (χ1n) is 6.22. The minimum absolute atomic E-state index is 0.0487. The molecule has 0 aromatic heterocycles. The Bertz CT molecular complexity index is 325. The van der Waals surface area contributed by atoms with E-state index in [1.165, 1.54) is 31.2 Å². The minimum Gasteiger partial charge on any atom is -0.494 e. The van der Waals surface area contributed by atoms with Crippen LogP contribution in [0.1, 0.15) is 38.2 Å². The zero-order valence-electron chi connectivity index (χ0n) is 10.0. The van der Waals surface area contributed by atoms with Gasteiger partial charge in [0.25, 0.3) is 0 Å². The number of rotatable bonds is 4. The molecule has 1 aromatic rings. The average molecular weight is 219 g/mol. The first-order chi connectivity index (χ1) is 7.72. The van der Waals surface area contributed by atoms with Gasteiger partial charge in [0.05, 0.1) is 6.61 Å². The zero-order valence-corrected chi connectivity index (χ0v) is 10.0. The molecular formula is C14H21NO. The van der Waals surface area contributed by atoms with Gasteiger partial charge in [-0.2, -0.15) is 0 Å². The molecule has 1 aliphatic rings. The van der Waals surface area contributed by atoms with E-state index in [4.69, 9.17) is 10.5 Å². The van der Waals surface area contributed by atoms with Crippen LogP contribution in [-0.4, -0.2) is 12.1 Å². The number of hydrogen-bond donors (Lipinski definition) is 1. The number of nitrogens with two attached hydrogens (primary N) is 1. The molecule has 2 rings (SSSR count). The maximum Gasteiger partial charge on any atom is 0.119 e. The van der Waals surface area contributed by atoms with Gasteiger partial charge in [-0.15, -0.1) is 0 Å². The molecule has 16 heavy (non-hydrogen) atoms. The summed E-state index contributed by atoms with van der Waals surface area (Å²) in [6.07, 6.45) is 5.90. The summed E-state index contributed by atoms with van der Waals surface area (Å²) >= 11 is 0. The normalized spacial score (nSPS) is 18.6. The predicted molar refractivity (Wildman–Crippen MR) is 66.7 cm³/mol. The second-order valence-electron chi connectivity index (χ2n) is 4.82. The molecule has 0 amide bonds. The van der Waals surface area contributed by atoms with E-state index in [1.807, 2.05) is 19.1 Å². The number of ether oxygens (including phenoxy) is 1. The highest BCUT2D eigenvalue weighted by atomic mass is 16.5. The van der Waals surface area contributed by atoms with Crippen LogP contribution in [-0.2, 0) is 6.42 Å². The summed E-state index contributed by atoms with van der Waals surface area (Å²) in [5.41, 5.74) is 7.73. The largest absolute Gasteiger partial charge is 0.494 e. The Labute approximate surface area is 97.8 Å². The van der Waals surface area contributed by atoms with Crippen molar-refractivity contribution in [2.24, 2.45) is 5.73 Å². The molecular weight excluding hydrogens is 198 g/mol. The van der Waals surface area contributed by atoms with Gasteiger partial charge in [0.1, 0.15) is 5.75 Å². The van der Waals surface area contributed by atoms with E-state index in [-0.39, 0.29) is 5.54 Å². The van der Waals surface area contributed by atoms with Crippen LogP contribution in [0.15, 0.2) is 24.3 Å². The third-order valence-corrected chi connectivity index (χ3v) is 3.39. The van der Waals surface area contributed by atoms with Crippen molar-refractivity contribution in [2.45, 2.75) is 44.6 Å². The topological polar surface area (TPSA) is 35.2 Å². The Morgan fingerprint density at radius 1 is 1.19 bits per heavy atom. The van der Waals surface area contributed by atoms with E-state index < -0.39 is 0 Å². The van der Waals surface area contributed by atoms with Crippen molar-refractivity contribution < 1.29 is 4.74 Å². The Hall–Kier alpha value is -1.02. The van der Waals surface area contributed by atoms with Crippen LogP contribution in [0.4, 0.5) is 0 Å². The van der Waals surface area contributed by atoms with Crippen LogP contribution >= 0.6 is 0 Å². The Morgan fingerprint density at radius 3 is 2.38 bits per heavy atom. The van der Waals surface area contributed by atoms with Gasteiger partial charge in [0.15, 0.2) is 0 Å². The van der Waals surface area contributed by atoms with Crippen molar-refractivity contribution in [1.82, 2.24) is 0 Å². The monoisotopic (exact) mass is 219 g/mol. The van der Waals surface area contributed by atoms with E-state index in [9.17, 15) is 0 Å². The van der Waals surface area contributed by atoms with Crippen molar-refractivity contribution >= 4 is 0 Å². The maximum absolute atomic E-state index is 6.36. The molecule has 0 bridgehead atoms. The SMILES string of the molecule is CCOc1ccc(CC2(N)CCCC2)cc1. The molecule has 0 atom stereocenters. The molecule has 0 saturated heterocycles. The fourth-order valence-electron chi connectivity index (χ4n) is 2.53. The fourth-order valence-corrected chi connectivity index (χ4v) is 2.53. The third-order valence-electron chi connectivity index (χ3n) is 3.39. The van der Waals surface area contributed by atoms with Gasteiger partial charge in [0, 0.05) is 5.54 Å². The summed E-state index contributed by atoms with van der Waals surface area (Å²) in [5, 5.41) is 0. The average Bonchev–Trinajstić information content (AvgIpc) is 2.68. The highest BCUT2D eigenvalue weighted by Gasteiger charge is 2.29. The van der Waals surface area contributed by atoms with Crippen LogP contribution in [0.5, 0.6) is 5.75 Å². The lowest BCUT2D eigenvalue weighted by Crippen LogP contribution is -2.38. The van der Waals surface area contributed by atoms with E-state index in [1.54, 1.807) is 0 Å². The molecule has 0 radical (unpaired) electrons. The second-order valence-corrected chi connectivity index (χ2v) is 4.82. The van der Waals surface area contributed by atoms with Crippen LogP contribution in [0.25, 0.3) is 0 Å². The van der Waals surface area contributed by atoms with E-state index in [0.29, 0.717) is 0 Å². The van der Waals surface area contributed by atoms with E-state index >= 15 is 0 Å². The smallest absolute Gasteiger partial charge is 0.119 e. The molecule has 1 aliphatic carbocycles. The van der Waals surface area contributed by atoms with Gasteiger partial charge in [0.2, 0.25) is 0 Å². The zero-order chi connectivity index (χ0) is 11.4. The van der Waals surface area contributed by atoms with Crippen molar-refractivity contribution in [3.63, 3.8) is 0 Å². The van der Waals surface area contributed by atoms with E-state index in [0.717, 1.165) is 18.8 Å². The standard InChI is InChI=1S/C14H21NO/c1-2-16-13-7-5-12(6-8-13)11-14(15)9-3-4-10-14/h5-8H,2-4,9-11,15H2,1H3. The predicted octanol–water partition coefficient (Wildman–Crippen LogP) is 2.90. The first-order valence-corrected chi connectivity index (χ1v) is 6.22. The Kier molecular flexibility index (Phi) is 3.49. The lowest BCUT2D eigenvalue weighted by Gasteiger charge is -2.23. The van der Waals surface area contributed by atoms with Crippen LogP contribution in [0.3, 0.4) is 0 Å². The van der Waals surface area contributed by atoms with Gasteiger partial charge in [-0.25, -0.2) is 0 Å². The molecule has 2 N–H and O–H groups in total. The van der Waals surface area contributed by atoms with Gasteiger partial charge in [-0.1, -0.05) is 25.0 Å². The first kappa shape index (κ1) is 11.5. The van der Waals surface area contributed by atoms with E-state index in [2.05, 4.69) is 12.1 Å². The summed E-state index contributed by atoms with van der Waals surface area (Å²) in [6, 6.07) is 8.35. The molecule has 1 aromatic carbocycles. The maximum atomic E-state index is 6.36. The van der Waals surface area contributed by atoms with Crippen LogP contribution in [0.2, 0.25) is 0 Å². The van der Waals surface area contributed by atoms with Crippen molar-refractivity contribution in [3.8, 4) is 5.75 Å². The molecule has 0 heterocycles. The van der Waals surface area contributed by atoms with Crippen LogP contribution in [0, 0.1) is 0 Å². The fraction of sp³-hybridized carbons (Fsp3) is 0.571. The van der Waals surface area contributed by atoms with Crippen molar-refractivity contribution in [3.05, 3.63) is 29.8 Å². The quantitative estimate of drug-likeness (QED) is 0.845. The lowest BCUT2D eigenvalue weighted by atomic mass is 9.90. The molecule has 1 fully saturated rings. The lowest BCUT2D eigenvalue weighted by molar-refractivity contribution is 0.340. The highest BCUT2D eigenvalue weighted by molar-refractivity contribution is 5.28. The molecule has 2 nitrogen and oxygen atoms in total. The summed E-state index contributed by atoms with van der Waals surface area (Å²) < 4.78 is 5.42. The molecule has 0 spiro atoms. The minimum atomic E-state index is 0.0487. The summed E-state index contributed by atoms with van der Waals surface area (Å²) in [4.78, 5) is 0.